The van der Waals surface area contributed by atoms with Crippen LogP contribution in [0.25, 0.3) is 0 Å². The Morgan fingerprint density at radius 2 is 2.40 bits per heavy atom. The van der Waals surface area contributed by atoms with E-state index in [4.69, 9.17) is 10.8 Å². The van der Waals surface area contributed by atoms with Crippen LogP contribution in [-0.2, 0) is 4.79 Å². The highest BCUT2D eigenvalue weighted by Crippen LogP contribution is 2.00. The maximum absolute atomic E-state index is 11.3. The van der Waals surface area contributed by atoms with Crippen LogP contribution < -0.4 is 11.1 Å². The van der Waals surface area contributed by atoms with Crippen LogP contribution in [0.5, 0.6) is 0 Å². The molecule has 0 saturated carbocycles. The molecule has 0 aromatic carbocycles. The highest BCUT2D eigenvalue weighted by atomic mass is 32.1. The van der Waals surface area contributed by atoms with Gasteiger partial charge >= 0.3 is 5.97 Å². The van der Waals surface area contributed by atoms with Gasteiger partial charge in [0.15, 0.2) is 0 Å². The molecule has 0 aliphatic rings. The Labute approximate surface area is 90.1 Å². The summed E-state index contributed by atoms with van der Waals surface area (Å²) in [4.78, 5) is 25.5. The van der Waals surface area contributed by atoms with E-state index < -0.39 is 12.0 Å². The largest absolute Gasteiger partial charge is 0.480 e. The average molecular weight is 229 g/mol. The van der Waals surface area contributed by atoms with Crippen LogP contribution in [0.4, 0.5) is 0 Å². The third kappa shape index (κ3) is 3.64. The van der Waals surface area contributed by atoms with Gasteiger partial charge < -0.3 is 16.2 Å². The summed E-state index contributed by atoms with van der Waals surface area (Å²) in [5.41, 5.74) is 7.15. The van der Waals surface area contributed by atoms with Crippen molar-refractivity contribution in [1.29, 1.82) is 0 Å². The summed E-state index contributed by atoms with van der Waals surface area (Å²) < 4.78 is 0. The molecule has 1 atom stereocenters. The third-order valence-electron chi connectivity index (χ3n) is 1.72. The summed E-state index contributed by atoms with van der Waals surface area (Å²) in [6.45, 7) is 0.226. The van der Waals surface area contributed by atoms with Crippen molar-refractivity contribution in [3.63, 3.8) is 0 Å². The number of nitrogens with one attached hydrogen (secondary N) is 1. The molecule has 1 aromatic rings. The first kappa shape index (κ1) is 11.6. The molecule has 0 bridgehead atoms. The van der Waals surface area contributed by atoms with Crippen LogP contribution in [0.1, 0.15) is 16.9 Å². The first-order valence-electron chi connectivity index (χ1n) is 4.26. The fraction of sp³-hybridized carbons (Fsp3) is 0.375. The van der Waals surface area contributed by atoms with Crippen molar-refractivity contribution in [2.75, 3.05) is 6.54 Å². The third-order valence-corrected chi connectivity index (χ3v) is 2.31. The van der Waals surface area contributed by atoms with E-state index in [1.807, 2.05) is 0 Å². The molecular weight excluding hydrogens is 218 g/mol. The van der Waals surface area contributed by atoms with Crippen molar-refractivity contribution in [3.05, 3.63) is 16.6 Å². The van der Waals surface area contributed by atoms with Crippen molar-refractivity contribution >= 4 is 23.2 Å². The van der Waals surface area contributed by atoms with Crippen LogP contribution in [0.15, 0.2) is 10.9 Å². The number of thiazole rings is 1. The van der Waals surface area contributed by atoms with E-state index in [1.165, 1.54) is 11.3 Å². The maximum atomic E-state index is 11.3. The molecule has 6 nitrogen and oxygen atoms in total. The predicted molar refractivity (Wildman–Crippen MR) is 54.7 cm³/mol. The molecule has 7 heteroatoms. The van der Waals surface area contributed by atoms with Crippen LogP contribution in [0.3, 0.4) is 0 Å². The van der Waals surface area contributed by atoms with Crippen LogP contribution in [-0.4, -0.2) is 34.6 Å². The van der Waals surface area contributed by atoms with Gasteiger partial charge in [-0.1, -0.05) is 0 Å². The van der Waals surface area contributed by atoms with E-state index in [2.05, 4.69) is 10.3 Å². The molecule has 0 unspecified atom stereocenters. The molecule has 1 amide bonds. The molecule has 1 rings (SSSR count). The Morgan fingerprint density at radius 1 is 1.67 bits per heavy atom. The molecular formula is C8H11N3O3S. The summed E-state index contributed by atoms with van der Waals surface area (Å²) >= 11 is 1.32. The standard InChI is InChI=1S/C8H11N3O3S/c9-5(8(13)14)1-2-10-7(12)6-3-15-4-11-6/h3-5H,1-2,9H2,(H,10,12)(H,13,14)/t5-/m0/s1. The van der Waals surface area contributed by atoms with Gasteiger partial charge in [-0.2, -0.15) is 0 Å². The first-order chi connectivity index (χ1) is 7.11. The van der Waals surface area contributed by atoms with Gasteiger partial charge in [-0.05, 0) is 6.42 Å². The number of rotatable bonds is 5. The number of hydrogen-bond donors (Lipinski definition) is 3. The molecule has 82 valence electrons. The van der Waals surface area contributed by atoms with Crippen molar-refractivity contribution < 1.29 is 14.7 Å². The number of hydrogen-bond acceptors (Lipinski definition) is 5. The van der Waals surface area contributed by atoms with Gasteiger partial charge in [-0.15, -0.1) is 11.3 Å². The minimum absolute atomic E-state index is 0.200. The number of aliphatic carboxylic acids is 1. The fourth-order valence-corrected chi connectivity index (χ4v) is 1.41. The predicted octanol–water partition coefficient (Wildman–Crippen LogP) is -0.325. The molecule has 4 N–H and O–H groups in total. The van der Waals surface area contributed by atoms with Gasteiger partial charge in [-0.3, -0.25) is 9.59 Å². The highest BCUT2D eigenvalue weighted by molar-refractivity contribution is 7.07. The Bertz CT molecular complexity index is 339. The molecule has 0 spiro atoms. The second kappa shape index (κ2) is 5.42. The summed E-state index contributed by atoms with van der Waals surface area (Å²) in [5.74, 6) is -1.38. The normalized spacial score (nSPS) is 12.1. The SMILES string of the molecule is N[C@@H](CCNC(=O)c1cscn1)C(=O)O. The van der Waals surface area contributed by atoms with E-state index in [0.29, 0.717) is 5.69 Å². The summed E-state index contributed by atoms with van der Waals surface area (Å²) in [6.07, 6.45) is 0.200. The van der Waals surface area contributed by atoms with Crippen LogP contribution >= 0.6 is 11.3 Å². The molecule has 0 fully saturated rings. The number of amides is 1. The van der Waals surface area contributed by atoms with Crippen molar-refractivity contribution in [3.8, 4) is 0 Å². The minimum atomic E-state index is -1.07. The Hall–Kier alpha value is -1.47. The molecule has 0 aliphatic heterocycles. The Balaban J connectivity index is 2.27. The van der Waals surface area contributed by atoms with Crippen molar-refractivity contribution in [2.45, 2.75) is 12.5 Å². The van der Waals surface area contributed by atoms with Gasteiger partial charge in [0.2, 0.25) is 0 Å². The number of nitrogens with zero attached hydrogens (tertiary/aromatic N) is 1. The lowest BCUT2D eigenvalue weighted by molar-refractivity contribution is -0.138. The monoisotopic (exact) mass is 229 g/mol. The zero-order valence-electron chi connectivity index (χ0n) is 7.84. The van der Waals surface area contributed by atoms with Gasteiger partial charge in [0.05, 0.1) is 5.51 Å². The van der Waals surface area contributed by atoms with E-state index in [0.717, 1.165) is 0 Å². The van der Waals surface area contributed by atoms with Gasteiger partial charge in [0.1, 0.15) is 11.7 Å². The van der Waals surface area contributed by atoms with Crippen molar-refractivity contribution in [1.82, 2.24) is 10.3 Å². The minimum Gasteiger partial charge on any atom is -0.480 e. The quantitative estimate of drug-likeness (QED) is 0.641. The number of carboxylic acid groups (broad SMARTS) is 1. The molecule has 1 heterocycles. The first-order valence-corrected chi connectivity index (χ1v) is 5.20. The lowest BCUT2D eigenvalue weighted by Gasteiger charge is -2.06. The van der Waals surface area contributed by atoms with Gasteiger partial charge in [0, 0.05) is 11.9 Å². The summed E-state index contributed by atoms with van der Waals surface area (Å²) in [7, 11) is 0. The van der Waals surface area contributed by atoms with E-state index in [-0.39, 0.29) is 18.9 Å². The second-order valence-electron chi connectivity index (χ2n) is 2.86. The highest BCUT2D eigenvalue weighted by Gasteiger charge is 2.12. The average Bonchev–Trinajstić information content (AvgIpc) is 2.70. The Morgan fingerprint density at radius 3 is 2.93 bits per heavy atom. The lowest BCUT2D eigenvalue weighted by atomic mass is 10.2. The number of nitrogens with two attached hydrogens (primary N) is 1. The fourth-order valence-electron chi connectivity index (χ4n) is 0.880. The number of aromatic nitrogens is 1. The molecule has 15 heavy (non-hydrogen) atoms. The summed E-state index contributed by atoms with van der Waals surface area (Å²) in [6, 6.07) is -0.944. The molecule has 0 aliphatic carbocycles. The lowest BCUT2D eigenvalue weighted by Crippen LogP contribution is -2.35. The topological polar surface area (TPSA) is 105 Å². The van der Waals surface area contributed by atoms with Crippen LogP contribution in [0, 0.1) is 0 Å². The zero-order valence-corrected chi connectivity index (χ0v) is 8.66. The zero-order chi connectivity index (χ0) is 11.3. The maximum Gasteiger partial charge on any atom is 0.320 e. The number of carbonyl (C=O) groups excluding carboxylic acids is 1. The number of carbonyl (C=O) groups is 2. The van der Waals surface area contributed by atoms with Gasteiger partial charge in [-0.25, -0.2) is 4.98 Å². The summed E-state index contributed by atoms with van der Waals surface area (Å²) in [5, 5.41) is 12.6. The Kier molecular flexibility index (Phi) is 4.19. The second-order valence-corrected chi connectivity index (χ2v) is 3.58. The van der Waals surface area contributed by atoms with Crippen molar-refractivity contribution in [2.24, 2.45) is 5.73 Å². The molecule has 0 saturated heterocycles. The molecule has 1 aromatic heterocycles. The van der Waals surface area contributed by atoms with E-state index in [1.54, 1.807) is 10.9 Å². The molecule has 0 radical (unpaired) electrons. The van der Waals surface area contributed by atoms with E-state index in [9.17, 15) is 9.59 Å². The smallest absolute Gasteiger partial charge is 0.320 e. The number of carboxylic acids is 1. The van der Waals surface area contributed by atoms with Crippen LogP contribution in [0.2, 0.25) is 0 Å². The van der Waals surface area contributed by atoms with Gasteiger partial charge in [0.25, 0.3) is 5.91 Å². The van der Waals surface area contributed by atoms with E-state index >= 15 is 0 Å².